The highest BCUT2D eigenvalue weighted by Crippen LogP contribution is 2.15. The third-order valence-corrected chi connectivity index (χ3v) is 3.54. The number of carbonyl (C=O) groups excluding carboxylic acids is 3. The summed E-state index contributed by atoms with van der Waals surface area (Å²) in [6, 6.07) is 6.80. The smallest absolute Gasteiger partial charge is 0.326 e. The lowest BCUT2D eigenvalue weighted by Gasteiger charge is -2.21. The van der Waals surface area contributed by atoms with E-state index in [0.717, 1.165) is 11.0 Å². The zero-order valence-corrected chi connectivity index (χ0v) is 15.6. The lowest BCUT2D eigenvalue weighted by Crippen LogP contribution is -2.50. The molecule has 0 aliphatic heterocycles. The van der Waals surface area contributed by atoms with E-state index in [0.29, 0.717) is 5.82 Å². The maximum atomic E-state index is 12.2. The van der Waals surface area contributed by atoms with Crippen LogP contribution in [0.1, 0.15) is 33.5 Å². The first-order chi connectivity index (χ1) is 12.1. The number of esters is 1. The predicted molar refractivity (Wildman–Crippen MR) is 96.5 cm³/mol. The Balaban J connectivity index is 1.95. The van der Waals surface area contributed by atoms with Crippen molar-refractivity contribution in [2.24, 2.45) is 0 Å². The molecule has 0 saturated heterocycles. The van der Waals surface area contributed by atoms with Crippen molar-refractivity contribution >= 4 is 28.9 Å². The minimum atomic E-state index is -1.09. The summed E-state index contributed by atoms with van der Waals surface area (Å²) in [5.74, 6) is -0.604. The first-order valence-corrected chi connectivity index (χ1v) is 8.31. The summed E-state index contributed by atoms with van der Waals surface area (Å²) in [4.78, 5) is 40.3. The van der Waals surface area contributed by atoms with Gasteiger partial charge >= 0.3 is 12.0 Å². The Hall–Kier alpha value is -2.90. The number of benzene rings is 1. The summed E-state index contributed by atoms with van der Waals surface area (Å²) in [6.07, 6.45) is -1.09. The summed E-state index contributed by atoms with van der Waals surface area (Å²) >= 11 is 0. The third-order valence-electron chi connectivity index (χ3n) is 3.54. The number of amides is 3. The molecule has 0 fully saturated rings. The van der Waals surface area contributed by atoms with E-state index in [2.05, 4.69) is 15.6 Å². The number of ether oxygens (including phenoxy) is 1. The summed E-state index contributed by atoms with van der Waals surface area (Å²) in [5.41, 5.74) is 1.11. The largest absolute Gasteiger partial charge is 0.451 e. The topological polar surface area (TPSA) is 102 Å². The van der Waals surface area contributed by atoms with E-state index in [9.17, 15) is 14.4 Å². The zero-order valence-electron chi connectivity index (χ0n) is 15.6. The van der Waals surface area contributed by atoms with Crippen molar-refractivity contribution < 1.29 is 19.1 Å². The Kier molecular flexibility index (Phi) is 5.64. The van der Waals surface area contributed by atoms with Crippen molar-refractivity contribution in [3.05, 3.63) is 30.1 Å². The maximum absolute atomic E-state index is 12.2. The van der Waals surface area contributed by atoms with Crippen molar-refractivity contribution in [2.45, 2.75) is 52.8 Å². The molecule has 8 heteroatoms. The monoisotopic (exact) mass is 360 g/mol. The molecule has 140 valence electrons. The van der Waals surface area contributed by atoms with E-state index in [1.807, 2.05) is 24.3 Å². The van der Waals surface area contributed by atoms with Crippen LogP contribution in [0.3, 0.4) is 0 Å². The van der Waals surface area contributed by atoms with Crippen LogP contribution in [0, 0.1) is 6.92 Å². The van der Waals surface area contributed by atoms with Crippen molar-refractivity contribution in [3.8, 4) is 0 Å². The number of para-hydroxylation sites is 2. The fourth-order valence-corrected chi connectivity index (χ4v) is 2.40. The predicted octanol–water partition coefficient (Wildman–Crippen LogP) is 1.90. The highest BCUT2D eigenvalue weighted by molar-refractivity contribution is 5.97. The van der Waals surface area contributed by atoms with E-state index in [1.165, 1.54) is 6.92 Å². The Morgan fingerprint density at radius 2 is 1.88 bits per heavy atom. The van der Waals surface area contributed by atoms with Gasteiger partial charge in [0.25, 0.3) is 5.91 Å². The number of fused-ring (bicyclic) bond motifs is 1. The minimum Gasteiger partial charge on any atom is -0.451 e. The Labute approximate surface area is 151 Å². The van der Waals surface area contributed by atoms with Crippen LogP contribution >= 0.6 is 0 Å². The molecule has 0 aliphatic rings. The van der Waals surface area contributed by atoms with Crippen LogP contribution in [0.25, 0.3) is 11.0 Å². The number of urea groups is 1. The first-order valence-electron chi connectivity index (χ1n) is 8.31. The molecule has 0 unspecified atom stereocenters. The van der Waals surface area contributed by atoms with Crippen LogP contribution in [0.2, 0.25) is 0 Å². The first kappa shape index (κ1) is 19.4. The highest BCUT2D eigenvalue weighted by atomic mass is 16.5. The number of imide groups is 1. The number of aryl methyl sites for hydroxylation is 1. The quantitative estimate of drug-likeness (QED) is 0.811. The van der Waals surface area contributed by atoms with Crippen LogP contribution in [0.4, 0.5) is 4.79 Å². The fraction of sp³-hybridized carbons (Fsp3) is 0.444. The number of rotatable bonds is 4. The molecule has 1 atom stereocenters. The van der Waals surface area contributed by atoms with Crippen molar-refractivity contribution in [3.63, 3.8) is 0 Å². The van der Waals surface area contributed by atoms with Gasteiger partial charge < -0.3 is 14.6 Å². The molecule has 1 aromatic heterocycles. The highest BCUT2D eigenvalue weighted by Gasteiger charge is 2.22. The van der Waals surface area contributed by atoms with Gasteiger partial charge in [0, 0.05) is 5.54 Å². The maximum Gasteiger partial charge on any atom is 0.326 e. The molecular formula is C18H24N4O4. The van der Waals surface area contributed by atoms with Gasteiger partial charge in [-0.1, -0.05) is 12.1 Å². The molecule has 26 heavy (non-hydrogen) atoms. The minimum absolute atomic E-state index is 0.0713. The van der Waals surface area contributed by atoms with Gasteiger partial charge in [0.1, 0.15) is 12.4 Å². The number of nitrogens with zero attached hydrogens (tertiary/aromatic N) is 2. The van der Waals surface area contributed by atoms with Gasteiger partial charge in [-0.3, -0.25) is 14.9 Å². The summed E-state index contributed by atoms with van der Waals surface area (Å²) in [5, 5.41) is 4.75. The number of hydrogen-bond acceptors (Lipinski definition) is 5. The van der Waals surface area contributed by atoms with Crippen LogP contribution in [-0.4, -0.2) is 39.1 Å². The number of hydrogen-bond donors (Lipinski definition) is 2. The Morgan fingerprint density at radius 1 is 1.23 bits per heavy atom. The molecule has 2 N–H and O–H groups in total. The van der Waals surface area contributed by atoms with Gasteiger partial charge in [0.15, 0.2) is 6.10 Å². The molecule has 1 heterocycles. The molecular weight excluding hydrogens is 336 g/mol. The standard InChI is InChI=1S/C18H24N4O4/c1-11(16(24)20-17(25)21-18(3,4)5)26-15(23)10-22-12(2)19-13-8-6-7-9-14(13)22/h6-9,11H,10H2,1-5H3,(H2,20,21,24,25)/t11-/m0/s1. The normalized spacial score (nSPS) is 12.5. The average molecular weight is 360 g/mol. The molecule has 0 aliphatic carbocycles. The fourth-order valence-electron chi connectivity index (χ4n) is 2.40. The van der Waals surface area contributed by atoms with Crippen LogP contribution in [0.15, 0.2) is 24.3 Å². The Morgan fingerprint density at radius 3 is 2.54 bits per heavy atom. The lowest BCUT2D eigenvalue weighted by atomic mass is 10.1. The summed E-state index contributed by atoms with van der Waals surface area (Å²) in [6.45, 7) is 8.50. The number of carbonyl (C=O) groups is 3. The molecule has 2 rings (SSSR count). The van der Waals surface area contributed by atoms with E-state index in [4.69, 9.17) is 4.74 Å². The average Bonchev–Trinajstić information content (AvgIpc) is 2.81. The number of imidazole rings is 1. The molecule has 8 nitrogen and oxygen atoms in total. The second kappa shape index (κ2) is 7.55. The number of nitrogens with one attached hydrogen (secondary N) is 2. The van der Waals surface area contributed by atoms with E-state index in [-0.39, 0.29) is 6.54 Å². The van der Waals surface area contributed by atoms with E-state index >= 15 is 0 Å². The van der Waals surface area contributed by atoms with Crippen molar-refractivity contribution in [1.29, 1.82) is 0 Å². The zero-order chi connectivity index (χ0) is 19.5. The molecule has 0 spiro atoms. The Bertz CT molecular complexity index is 835. The van der Waals surface area contributed by atoms with Crippen LogP contribution < -0.4 is 10.6 Å². The van der Waals surface area contributed by atoms with Crippen LogP contribution in [-0.2, 0) is 20.9 Å². The molecule has 2 aromatic rings. The van der Waals surface area contributed by atoms with Gasteiger partial charge in [-0.2, -0.15) is 0 Å². The molecule has 0 saturated carbocycles. The molecule has 0 bridgehead atoms. The SMILES string of the molecule is Cc1nc2ccccc2n1CC(=O)O[C@@H](C)C(=O)NC(=O)NC(C)(C)C. The summed E-state index contributed by atoms with van der Waals surface area (Å²) < 4.78 is 6.86. The van der Waals surface area contributed by atoms with Gasteiger partial charge in [-0.25, -0.2) is 9.78 Å². The summed E-state index contributed by atoms with van der Waals surface area (Å²) in [7, 11) is 0. The van der Waals surface area contributed by atoms with Gasteiger partial charge in [-0.15, -0.1) is 0 Å². The van der Waals surface area contributed by atoms with Crippen molar-refractivity contribution in [2.75, 3.05) is 0 Å². The van der Waals surface area contributed by atoms with Crippen molar-refractivity contribution in [1.82, 2.24) is 20.2 Å². The molecule has 1 aromatic carbocycles. The lowest BCUT2D eigenvalue weighted by molar-refractivity contribution is -0.155. The van der Waals surface area contributed by atoms with Gasteiger partial charge in [0.2, 0.25) is 0 Å². The van der Waals surface area contributed by atoms with E-state index < -0.39 is 29.6 Å². The second-order valence-electron chi connectivity index (χ2n) is 7.06. The number of aromatic nitrogens is 2. The van der Waals surface area contributed by atoms with Gasteiger partial charge in [0.05, 0.1) is 11.0 Å². The molecule has 0 radical (unpaired) electrons. The molecule has 3 amide bonds. The van der Waals surface area contributed by atoms with Crippen LogP contribution in [0.5, 0.6) is 0 Å². The second-order valence-corrected chi connectivity index (χ2v) is 7.06. The van der Waals surface area contributed by atoms with E-state index in [1.54, 1.807) is 32.3 Å². The third kappa shape index (κ3) is 5.05. The van der Waals surface area contributed by atoms with Gasteiger partial charge in [-0.05, 0) is 46.8 Å².